The number of aryl methyl sites for hydroxylation is 1. The van der Waals surface area contributed by atoms with E-state index in [2.05, 4.69) is 52.2 Å². The zero-order chi connectivity index (χ0) is 44.9. The van der Waals surface area contributed by atoms with Crippen LogP contribution in [0.3, 0.4) is 0 Å². The molecule has 63 heavy (non-hydrogen) atoms. The molecule has 2 saturated heterocycles. The van der Waals surface area contributed by atoms with Crippen molar-refractivity contribution in [1.82, 2.24) is 29.9 Å². The normalized spacial score (nSPS) is 19.2. The number of aromatic nitrogens is 1. The molecule has 2 unspecified atom stereocenters. The van der Waals surface area contributed by atoms with Crippen LogP contribution >= 0.6 is 0 Å². The van der Waals surface area contributed by atoms with E-state index in [1.807, 2.05) is 24.4 Å². The van der Waals surface area contributed by atoms with Crippen molar-refractivity contribution in [3.63, 3.8) is 0 Å². The first kappa shape index (κ1) is 47.0. The summed E-state index contributed by atoms with van der Waals surface area (Å²) < 4.78 is 48.8. The number of hydrogen-bond acceptors (Lipinski definition) is 8. The monoisotopic (exact) mass is 870 g/mol. The molecule has 0 aliphatic carbocycles. The van der Waals surface area contributed by atoms with Crippen molar-refractivity contribution in [3.8, 4) is 5.75 Å². The largest absolute Gasteiger partial charge is 0.494 e. The summed E-state index contributed by atoms with van der Waals surface area (Å²) in [5.74, 6) is -1.16. The highest BCUT2D eigenvalue weighted by molar-refractivity contribution is 6.07. The number of nitrogens with zero attached hydrogens (tertiary/aromatic N) is 4. The number of halogens is 3. The summed E-state index contributed by atoms with van der Waals surface area (Å²) in [5, 5.41) is 7.89. The van der Waals surface area contributed by atoms with Gasteiger partial charge in [-0.1, -0.05) is 68.8 Å². The van der Waals surface area contributed by atoms with E-state index in [0.29, 0.717) is 35.2 Å². The number of carbonyl (C=O) groups excluding carboxylic acids is 4. The van der Waals surface area contributed by atoms with Gasteiger partial charge in [-0.3, -0.25) is 29.4 Å². The van der Waals surface area contributed by atoms with Gasteiger partial charge >= 0.3 is 6.18 Å². The van der Waals surface area contributed by atoms with E-state index in [1.165, 1.54) is 4.57 Å². The van der Waals surface area contributed by atoms with Gasteiger partial charge in [0.15, 0.2) is 0 Å². The molecule has 338 valence electrons. The van der Waals surface area contributed by atoms with Crippen LogP contribution in [-0.2, 0) is 20.9 Å². The highest BCUT2D eigenvalue weighted by Gasteiger charge is 2.35. The third-order valence-corrected chi connectivity index (χ3v) is 12.1. The van der Waals surface area contributed by atoms with Crippen LogP contribution in [-0.4, -0.2) is 108 Å². The summed E-state index contributed by atoms with van der Waals surface area (Å²) in [6.45, 7) is 13.2. The number of imide groups is 2. The zero-order valence-electron chi connectivity index (χ0n) is 36.6. The lowest BCUT2D eigenvalue weighted by molar-refractivity contribution is -0.140. The highest BCUT2D eigenvalue weighted by atomic mass is 19.4. The molecule has 14 heteroatoms. The Balaban J connectivity index is 0.892. The fourth-order valence-electron chi connectivity index (χ4n) is 8.61. The third-order valence-electron chi connectivity index (χ3n) is 12.1. The van der Waals surface area contributed by atoms with Crippen molar-refractivity contribution in [1.29, 1.82) is 0 Å². The minimum absolute atomic E-state index is 0.0594. The van der Waals surface area contributed by atoms with Crippen molar-refractivity contribution in [2.45, 2.75) is 103 Å². The van der Waals surface area contributed by atoms with Gasteiger partial charge < -0.3 is 24.4 Å². The maximum atomic E-state index is 13.8. The second kappa shape index (κ2) is 22.2. The first-order valence-electron chi connectivity index (χ1n) is 22.4. The first-order chi connectivity index (χ1) is 30.4. The number of fused-ring (bicyclic) bond motifs is 1. The lowest BCUT2D eigenvalue weighted by Gasteiger charge is -2.35. The molecular formula is C49H61F3N6O5. The third kappa shape index (κ3) is 12.6. The molecule has 0 bridgehead atoms. The number of rotatable bonds is 20. The Bertz CT molecular complexity index is 2310. The minimum atomic E-state index is -4.37. The van der Waals surface area contributed by atoms with Crippen LogP contribution in [0.5, 0.6) is 5.75 Å². The standard InChI is InChI=1S/C49H61F3N6O5/c1-4-6-8-14-40-41-20-17-36(30-45(41)57(33-49(50,51)52)43(40)12-5-2)37-16-18-38(53-32-37)13-11-24-56-27-25-55(26-28-56)23-9-7-10-29-63-39-19-15-35(3)42(31-39)48(62)58(34-59)44-21-22-46(60)54-47(44)61/h5,12,14-20,30-32,34,38,44,53H,2,4,6-11,13,21-29,33H2,1,3H3,(H,54,60,61)/b40-14-,43-12+. The average molecular weight is 871 g/mol. The second-order valence-corrected chi connectivity index (χ2v) is 16.7. The minimum Gasteiger partial charge on any atom is -0.494 e. The van der Waals surface area contributed by atoms with Gasteiger partial charge in [-0.15, -0.1) is 0 Å². The average Bonchev–Trinajstić information content (AvgIpc) is 3.53. The van der Waals surface area contributed by atoms with Crippen LogP contribution < -0.4 is 25.9 Å². The molecule has 3 aromatic rings. The number of piperazine rings is 1. The molecule has 2 fully saturated rings. The molecule has 3 aliphatic heterocycles. The molecule has 6 rings (SSSR count). The number of unbranched alkanes of at least 4 members (excludes halogenated alkanes) is 4. The van der Waals surface area contributed by atoms with E-state index < -0.39 is 36.5 Å². The molecule has 2 aromatic carbocycles. The van der Waals surface area contributed by atoms with Crippen LogP contribution in [0.2, 0.25) is 0 Å². The van der Waals surface area contributed by atoms with Crippen LogP contribution in [0.15, 0.2) is 67.4 Å². The van der Waals surface area contributed by atoms with E-state index in [-0.39, 0.29) is 24.4 Å². The van der Waals surface area contributed by atoms with E-state index in [4.69, 9.17) is 4.74 Å². The number of piperidine rings is 1. The number of benzene rings is 2. The summed E-state index contributed by atoms with van der Waals surface area (Å²) >= 11 is 0. The van der Waals surface area contributed by atoms with Crippen molar-refractivity contribution in [2.75, 3.05) is 45.9 Å². The molecule has 4 heterocycles. The molecule has 1 aromatic heterocycles. The molecule has 3 aliphatic rings. The van der Waals surface area contributed by atoms with Crippen LogP contribution in [0.1, 0.15) is 92.6 Å². The summed E-state index contributed by atoms with van der Waals surface area (Å²) in [7, 11) is 0. The van der Waals surface area contributed by atoms with Gasteiger partial charge in [-0.2, -0.15) is 13.2 Å². The van der Waals surface area contributed by atoms with Crippen molar-refractivity contribution >= 4 is 52.8 Å². The highest BCUT2D eigenvalue weighted by Crippen LogP contribution is 2.26. The number of amides is 4. The predicted octanol–water partition coefficient (Wildman–Crippen LogP) is 6.37. The summed E-state index contributed by atoms with van der Waals surface area (Å²) in [4.78, 5) is 54.9. The fourth-order valence-corrected chi connectivity index (χ4v) is 8.61. The number of hydrogen-bond donors (Lipinski definition) is 2. The van der Waals surface area contributed by atoms with Gasteiger partial charge in [0.25, 0.3) is 5.91 Å². The van der Waals surface area contributed by atoms with Gasteiger partial charge in [0.1, 0.15) is 18.3 Å². The quantitative estimate of drug-likeness (QED) is 0.0766. The Kier molecular flexibility index (Phi) is 16.6. The maximum absolute atomic E-state index is 13.8. The van der Waals surface area contributed by atoms with Crippen LogP contribution in [0.25, 0.3) is 28.6 Å². The van der Waals surface area contributed by atoms with Crippen LogP contribution in [0.4, 0.5) is 13.2 Å². The molecular weight excluding hydrogens is 810 g/mol. The molecule has 0 saturated carbocycles. The summed E-state index contributed by atoms with van der Waals surface area (Å²) in [6, 6.07) is 10.1. The number of dihydropyridines is 1. The first-order valence-corrected chi connectivity index (χ1v) is 22.4. The van der Waals surface area contributed by atoms with Crippen molar-refractivity contribution in [3.05, 3.63) is 94.7 Å². The van der Waals surface area contributed by atoms with Gasteiger partial charge in [0.05, 0.1) is 12.1 Å². The molecule has 2 atom stereocenters. The Morgan fingerprint density at radius 2 is 1.76 bits per heavy atom. The van der Waals surface area contributed by atoms with E-state index in [0.717, 1.165) is 117 Å². The van der Waals surface area contributed by atoms with Crippen molar-refractivity contribution in [2.24, 2.45) is 0 Å². The molecule has 2 N–H and O–H groups in total. The molecule has 0 spiro atoms. The smallest absolute Gasteiger partial charge is 0.406 e. The maximum Gasteiger partial charge on any atom is 0.406 e. The lowest BCUT2D eigenvalue weighted by atomic mass is 10.00. The lowest BCUT2D eigenvalue weighted by Crippen LogP contribution is -2.53. The van der Waals surface area contributed by atoms with Gasteiger partial charge in [0, 0.05) is 66.4 Å². The number of ether oxygens (including phenoxy) is 1. The van der Waals surface area contributed by atoms with Gasteiger partial charge in [-0.25, -0.2) is 0 Å². The number of allylic oxidation sites excluding steroid dienone is 3. The molecule has 4 amide bonds. The SMILES string of the molecule is C=C/C=c1\c(=C/CCCC)c2ccc(C3=CNC(CCCN4CCN(CCCCCOc5ccc(C)c(C(=O)N(C=O)C6CCC(=O)NC6=O)c5)CC4)C=C3)cc2n1CC(F)(F)F. The topological polar surface area (TPSA) is 116 Å². The molecule has 11 nitrogen and oxygen atoms in total. The second-order valence-electron chi connectivity index (χ2n) is 16.7. The number of alkyl halides is 3. The summed E-state index contributed by atoms with van der Waals surface area (Å²) in [5.41, 5.74) is 3.30. The number of carbonyl (C=O) groups is 4. The van der Waals surface area contributed by atoms with Gasteiger partial charge in [-0.05, 0) is 106 Å². The van der Waals surface area contributed by atoms with Crippen LogP contribution in [0, 0.1) is 6.92 Å². The van der Waals surface area contributed by atoms with E-state index >= 15 is 0 Å². The summed E-state index contributed by atoms with van der Waals surface area (Å²) in [6.07, 6.45) is 15.4. The zero-order valence-corrected chi connectivity index (χ0v) is 36.6. The predicted molar refractivity (Wildman–Crippen MR) is 241 cm³/mol. The Morgan fingerprint density at radius 1 is 1.00 bits per heavy atom. The van der Waals surface area contributed by atoms with Gasteiger partial charge in [0.2, 0.25) is 18.2 Å². The molecule has 0 radical (unpaired) electrons. The van der Waals surface area contributed by atoms with Crippen molar-refractivity contribution < 1.29 is 37.1 Å². The fraction of sp³-hybridized carbons (Fsp3) is 0.469. The Hall–Kier alpha value is -5.47. The van der Waals surface area contributed by atoms with E-state index in [9.17, 15) is 32.3 Å². The number of nitrogens with one attached hydrogen (secondary N) is 2. The Labute approximate surface area is 368 Å². The van der Waals surface area contributed by atoms with E-state index in [1.54, 1.807) is 37.3 Å². The Morgan fingerprint density at radius 3 is 2.43 bits per heavy atom.